The van der Waals surface area contributed by atoms with Crippen LogP contribution in [0.3, 0.4) is 0 Å². The SMILES string of the molecule is CC(=O)c1ccc(SCC2CCC2)cc1. The molecule has 1 aliphatic rings. The number of carbonyl (C=O) groups excluding carboxylic acids is 1. The van der Waals surface area contributed by atoms with Crippen molar-refractivity contribution in [3.63, 3.8) is 0 Å². The van der Waals surface area contributed by atoms with Crippen molar-refractivity contribution in [2.75, 3.05) is 5.75 Å². The first-order valence-electron chi connectivity index (χ1n) is 5.49. The predicted octanol–water partition coefficient (Wildman–Crippen LogP) is 3.78. The zero-order valence-corrected chi connectivity index (χ0v) is 9.85. The minimum Gasteiger partial charge on any atom is -0.295 e. The first-order chi connectivity index (χ1) is 7.25. The van der Waals surface area contributed by atoms with Gasteiger partial charge in [-0.05, 0) is 37.8 Å². The highest BCUT2D eigenvalue weighted by atomic mass is 32.2. The third-order valence-corrected chi connectivity index (χ3v) is 4.21. The highest BCUT2D eigenvalue weighted by Crippen LogP contribution is 2.32. The molecule has 0 saturated heterocycles. The zero-order chi connectivity index (χ0) is 10.7. The van der Waals surface area contributed by atoms with Gasteiger partial charge in [0.2, 0.25) is 0 Å². The average molecular weight is 220 g/mol. The smallest absolute Gasteiger partial charge is 0.159 e. The highest BCUT2D eigenvalue weighted by molar-refractivity contribution is 7.99. The minimum absolute atomic E-state index is 0.144. The van der Waals surface area contributed by atoms with E-state index in [-0.39, 0.29) is 5.78 Å². The number of hydrogen-bond donors (Lipinski definition) is 0. The molecule has 1 aromatic carbocycles. The van der Waals surface area contributed by atoms with Crippen LogP contribution in [0.4, 0.5) is 0 Å². The maximum Gasteiger partial charge on any atom is 0.159 e. The van der Waals surface area contributed by atoms with Gasteiger partial charge < -0.3 is 0 Å². The van der Waals surface area contributed by atoms with Crippen molar-refractivity contribution in [1.82, 2.24) is 0 Å². The van der Waals surface area contributed by atoms with Crippen LogP contribution >= 0.6 is 11.8 Å². The summed E-state index contributed by atoms with van der Waals surface area (Å²) in [6.07, 6.45) is 4.21. The van der Waals surface area contributed by atoms with E-state index in [1.165, 1.54) is 29.9 Å². The Morgan fingerprint density at radius 2 is 2.00 bits per heavy atom. The van der Waals surface area contributed by atoms with Crippen LogP contribution in [0.1, 0.15) is 36.5 Å². The van der Waals surface area contributed by atoms with Gasteiger partial charge in [0.05, 0.1) is 0 Å². The van der Waals surface area contributed by atoms with Crippen LogP contribution in [0, 0.1) is 5.92 Å². The molecule has 0 radical (unpaired) electrons. The van der Waals surface area contributed by atoms with Crippen molar-refractivity contribution < 1.29 is 4.79 Å². The second kappa shape index (κ2) is 4.84. The Morgan fingerprint density at radius 1 is 1.33 bits per heavy atom. The standard InChI is InChI=1S/C13H16OS/c1-10(14)12-5-7-13(8-6-12)15-9-11-3-2-4-11/h5-8,11H,2-4,9H2,1H3. The average Bonchev–Trinajstić information content (AvgIpc) is 2.16. The van der Waals surface area contributed by atoms with E-state index in [1.54, 1.807) is 6.92 Å². The summed E-state index contributed by atoms with van der Waals surface area (Å²) in [6.45, 7) is 1.61. The molecule has 0 aliphatic heterocycles. The molecule has 0 atom stereocenters. The molecule has 1 aromatic rings. The summed E-state index contributed by atoms with van der Waals surface area (Å²) >= 11 is 1.91. The molecular formula is C13H16OS. The molecule has 2 rings (SSSR count). The van der Waals surface area contributed by atoms with Gasteiger partial charge in [0.15, 0.2) is 5.78 Å². The lowest BCUT2D eigenvalue weighted by atomic mass is 9.87. The van der Waals surface area contributed by atoms with Crippen LogP contribution in [0.2, 0.25) is 0 Å². The van der Waals surface area contributed by atoms with Gasteiger partial charge in [-0.2, -0.15) is 0 Å². The van der Waals surface area contributed by atoms with Gasteiger partial charge in [0.1, 0.15) is 0 Å². The molecule has 1 fully saturated rings. The number of thioether (sulfide) groups is 1. The van der Waals surface area contributed by atoms with Gasteiger partial charge in [0, 0.05) is 16.2 Å². The third kappa shape index (κ3) is 2.85. The molecule has 1 aliphatic carbocycles. The topological polar surface area (TPSA) is 17.1 Å². The second-order valence-corrected chi connectivity index (χ2v) is 5.28. The molecule has 0 heterocycles. The molecule has 0 unspecified atom stereocenters. The van der Waals surface area contributed by atoms with Gasteiger partial charge in [-0.3, -0.25) is 4.79 Å². The molecule has 15 heavy (non-hydrogen) atoms. The van der Waals surface area contributed by atoms with Crippen LogP contribution in [-0.2, 0) is 0 Å². The maximum atomic E-state index is 11.1. The fraction of sp³-hybridized carbons (Fsp3) is 0.462. The lowest BCUT2D eigenvalue weighted by Crippen LogP contribution is -2.13. The largest absolute Gasteiger partial charge is 0.295 e. The molecule has 0 bridgehead atoms. The van der Waals surface area contributed by atoms with Gasteiger partial charge in [-0.1, -0.05) is 18.6 Å². The van der Waals surface area contributed by atoms with Crippen molar-refractivity contribution in [3.05, 3.63) is 29.8 Å². The van der Waals surface area contributed by atoms with E-state index in [4.69, 9.17) is 0 Å². The number of rotatable bonds is 4. The Balaban J connectivity index is 1.88. The normalized spacial score (nSPS) is 16.1. The van der Waals surface area contributed by atoms with Crippen LogP contribution in [0.5, 0.6) is 0 Å². The summed E-state index contributed by atoms with van der Waals surface area (Å²) in [5.41, 5.74) is 0.808. The Kier molecular flexibility index (Phi) is 3.47. The summed E-state index contributed by atoms with van der Waals surface area (Å²) in [7, 11) is 0. The molecule has 80 valence electrons. The van der Waals surface area contributed by atoms with Crippen molar-refractivity contribution in [1.29, 1.82) is 0 Å². The number of hydrogen-bond acceptors (Lipinski definition) is 2. The third-order valence-electron chi connectivity index (χ3n) is 2.97. The number of carbonyl (C=O) groups is 1. The predicted molar refractivity (Wildman–Crippen MR) is 64.5 cm³/mol. The molecule has 1 saturated carbocycles. The van der Waals surface area contributed by atoms with Gasteiger partial charge in [-0.25, -0.2) is 0 Å². The van der Waals surface area contributed by atoms with Gasteiger partial charge in [0.25, 0.3) is 0 Å². The lowest BCUT2D eigenvalue weighted by Gasteiger charge is -2.24. The van der Waals surface area contributed by atoms with Gasteiger partial charge >= 0.3 is 0 Å². The molecule has 0 amide bonds. The van der Waals surface area contributed by atoms with Gasteiger partial charge in [-0.15, -0.1) is 11.8 Å². The van der Waals surface area contributed by atoms with E-state index >= 15 is 0 Å². The molecular weight excluding hydrogens is 204 g/mol. The van der Waals surface area contributed by atoms with E-state index in [0.717, 1.165) is 11.5 Å². The summed E-state index contributed by atoms with van der Waals surface area (Å²) < 4.78 is 0. The quantitative estimate of drug-likeness (QED) is 0.567. The fourth-order valence-electron chi connectivity index (χ4n) is 1.66. The monoisotopic (exact) mass is 220 g/mol. The van der Waals surface area contributed by atoms with E-state index in [9.17, 15) is 4.79 Å². The second-order valence-electron chi connectivity index (χ2n) is 4.19. The molecule has 2 heteroatoms. The number of benzene rings is 1. The maximum absolute atomic E-state index is 11.1. The molecule has 0 aromatic heterocycles. The summed E-state index contributed by atoms with van der Waals surface area (Å²) in [6, 6.07) is 7.96. The Labute approximate surface area is 95.3 Å². The zero-order valence-electron chi connectivity index (χ0n) is 9.03. The molecule has 0 N–H and O–H groups in total. The Bertz CT molecular complexity index is 338. The van der Waals surface area contributed by atoms with Crippen LogP contribution in [0.15, 0.2) is 29.2 Å². The molecule has 1 nitrogen and oxygen atoms in total. The first-order valence-corrected chi connectivity index (χ1v) is 6.48. The van der Waals surface area contributed by atoms with Crippen LogP contribution < -0.4 is 0 Å². The summed E-state index contributed by atoms with van der Waals surface area (Å²) in [4.78, 5) is 12.4. The van der Waals surface area contributed by atoms with Crippen LogP contribution in [-0.4, -0.2) is 11.5 Å². The minimum atomic E-state index is 0.144. The Hall–Kier alpha value is -0.760. The number of ketones is 1. The first kappa shape index (κ1) is 10.7. The molecule has 0 spiro atoms. The highest BCUT2D eigenvalue weighted by Gasteiger charge is 2.17. The van der Waals surface area contributed by atoms with E-state index in [1.807, 2.05) is 23.9 Å². The van der Waals surface area contributed by atoms with Crippen LogP contribution in [0.25, 0.3) is 0 Å². The van der Waals surface area contributed by atoms with Crippen molar-refractivity contribution in [2.45, 2.75) is 31.1 Å². The summed E-state index contributed by atoms with van der Waals surface area (Å²) in [5.74, 6) is 2.31. The van der Waals surface area contributed by atoms with E-state index < -0.39 is 0 Å². The Morgan fingerprint density at radius 3 is 2.47 bits per heavy atom. The van der Waals surface area contributed by atoms with Crippen molar-refractivity contribution in [3.8, 4) is 0 Å². The van der Waals surface area contributed by atoms with E-state index in [2.05, 4.69) is 12.1 Å². The number of Topliss-reactive ketones (excluding diaryl/α,β-unsaturated/α-hetero) is 1. The fourth-order valence-corrected chi connectivity index (χ4v) is 2.75. The van der Waals surface area contributed by atoms with Crippen molar-refractivity contribution >= 4 is 17.5 Å². The van der Waals surface area contributed by atoms with Crippen molar-refractivity contribution in [2.24, 2.45) is 5.92 Å². The van der Waals surface area contributed by atoms with E-state index in [0.29, 0.717) is 0 Å². The summed E-state index contributed by atoms with van der Waals surface area (Å²) in [5, 5.41) is 0. The lowest BCUT2D eigenvalue weighted by molar-refractivity contribution is 0.101.